The van der Waals surface area contributed by atoms with E-state index in [2.05, 4.69) is 20.6 Å². The van der Waals surface area contributed by atoms with E-state index in [1.807, 2.05) is 37.4 Å². The van der Waals surface area contributed by atoms with Crippen LogP contribution >= 0.6 is 0 Å². The van der Waals surface area contributed by atoms with Crippen molar-refractivity contribution in [2.45, 2.75) is 50.8 Å². The van der Waals surface area contributed by atoms with Crippen molar-refractivity contribution in [3.8, 4) is 28.6 Å². The number of phenolic OH excluding ortho intramolecular Hbond substituents is 1. The highest BCUT2D eigenvalue weighted by Gasteiger charge is 2.34. The third kappa shape index (κ3) is 3.33. The van der Waals surface area contributed by atoms with Gasteiger partial charge in [-0.25, -0.2) is 4.68 Å². The normalized spacial score (nSPS) is 23.7. The second-order valence-electron chi connectivity index (χ2n) is 7.77. The summed E-state index contributed by atoms with van der Waals surface area (Å²) < 4.78 is 7.78. The minimum atomic E-state index is 0.142. The van der Waals surface area contributed by atoms with Gasteiger partial charge in [0.05, 0.1) is 17.6 Å². The number of aromatic nitrogens is 4. The number of piperidine rings is 1. The molecular formula is C21H23N5O2. The van der Waals surface area contributed by atoms with Gasteiger partial charge in [-0.1, -0.05) is 0 Å². The van der Waals surface area contributed by atoms with Crippen molar-refractivity contribution in [2.75, 3.05) is 0 Å². The average molecular weight is 377 g/mol. The topological polar surface area (TPSA) is 85.1 Å². The maximum Gasteiger partial charge on any atom is 0.233 e. The molecule has 2 aliphatic heterocycles. The number of rotatable bonds is 4. The number of aromatic hydroxyl groups is 1. The van der Waals surface area contributed by atoms with Gasteiger partial charge < -0.3 is 15.2 Å². The van der Waals surface area contributed by atoms with E-state index >= 15 is 0 Å². The third-order valence-corrected chi connectivity index (χ3v) is 5.59. The predicted molar refractivity (Wildman–Crippen MR) is 105 cm³/mol. The molecule has 7 heteroatoms. The number of fused-ring (bicyclic) bond motifs is 2. The smallest absolute Gasteiger partial charge is 0.233 e. The number of hydrogen-bond donors (Lipinski definition) is 2. The second kappa shape index (κ2) is 6.91. The van der Waals surface area contributed by atoms with Crippen LogP contribution in [0.4, 0.5) is 0 Å². The van der Waals surface area contributed by atoms with Crippen LogP contribution in [0.2, 0.25) is 0 Å². The van der Waals surface area contributed by atoms with Gasteiger partial charge in [0.1, 0.15) is 11.9 Å². The third-order valence-electron chi connectivity index (χ3n) is 5.59. The molecule has 4 heterocycles. The minimum absolute atomic E-state index is 0.142. The first-order chi connectivity index (χ1) is 13.6. The molecule has 2 aromatic heterocycles. The molecule has 5 rings (SSSR count). The van der Waals surface area contributed by atoms with Crippen LogP contribution in [0.1, 0.15) is 31.2 Å². The predicted octanol–water partition coefficient (Wildman–Crippen LogP) is 3.01. The van der Waals surface area contributed by atoms with Gasteiger partial charge in [0, 0.05) is 36.0 Å². The number of nitrogens with zero attached hydrogens (tertiary/aromatic N) is 4. The van der Waals surface area contributed by atoms with Crippen molar-refractivity contribution >= 4 is 0 Å². The summed E-state index contributed by atoms with van der Waals surface area (Å²) in [7, 11) is 0. The lowest BCUT2D eigenvalue weighted by Gasteiger charge is -2.28. The molecule has 1 aromatic carbocycles. The lowest BCUT2D eigenvalue weighted by Crippen LogP contribution is -2.42. The van der Waals surface area contributed by atoms with Crippen molar-refractivity contribution in [3.05, 3.63) is 48.3 Å². The molecular weight excluding hydrogens is 354 g/mol. The lowest BCUT2D eigenvalue weighted by atomic mass is 10.0. The Bertz CT molecular complexity index is 973. The first kappa shape index (κ1) is 17.2. The first-order valence-electron chi connectivity index (χ1n) is 9.75. The van der Waals surface area contributed by atoms with E-state index in [9.17, 15) is 5.11 Å². The van der Waals surface area contributed by atoms with Gasteiger partial charge >= 0.3 is 0 Å². The molecule has 0 amide bonds. The van der Waals surface area contributed by atoms with E-state index < -0.39 is 0 Å². The summed E-state index contributed by atoms with van der Waals surface area (Å²) >= 11 is 0. The van der Waals surface area contributed by atoms with E-state index in [0.29, 0.717) is 29.2 Å². The van der Waals surface area contributed by atoms with Gasteiger partial charge in [0.2, 0.25) is 5.88 Å². The van der Waals surface area contributed by atoms with Crippen molar-refractivity contribution in [1.82, 2.24) is 25.3 Å². The fourth-order valence-electron chi connectivity index (χ4n) is 4.23. The SMILES string of the molecule is Cc1cnn(-c2ccc(-c3ccc(OC4C[C@H]5CC[C@@H](C4)N5)nn3)c(O)c2)c1. The monoisotopic (exact) mass is 377 g/mol. The Kier molecular flexibility index (Phi) is 4.24. The van der Waals surface area contributed by atoms with E-state index in [4.69, 9.17) is 4.74 Å². The number of hydrogen-bond acceptors (Lipinski definition) is 6. The molecule has 1 unspecified atom stereocenters. The van der Waals surface area contributed by atoms with Crippen LogP contribution in [0.15, 0.2) is 42.7 Å². The molecule has 2 N–H and O–H groups in total. The Labute approximate surface area is 163 Å². The van der Waals surface area contributed by atoms with Crippen LogP contribution in [0.5, 0.6) is 11.6 Å². The minimum Gasteiger partial charge on any atom is -0.507 e. The summed E-state index contributed by atoms with van der Waals surface area (Å²) in [6, 6.07) is 10.2. The van der Waals surface area contributed by atoms with Crippen LogP contribution < -0.4 is 10.1 Å². The quantitative estimate of drug-likeness (QED) is 0.727. The zero-order chi connectivity index (χ0) is 19.1. The summed E-state index contributed by atoms with van der Waals surface area (Å²) in [5.74, 6) is 0.682. The Morgan fingerprint density at radius 3 is 2.57 bits per heavy atom. The highest BCUT2D eigenvalue weighted by atomic mass is 16.5. The summed E-state index contributed by atoms with van der Waals surface area (Å²) in [5, 5.41) is 26.8. The Balaban J connectivity index is 1.31. The van der Waals surface area contributed by atoms with E-state index in [1.165, 1.54) is 12.8 Å². The zero-order valence-electron chi connectivity index (χ0n) is 15.7. The fraction of sp³-hybridized carbons (Fsp3) is 0.381. The summed E-state index contributed by atoms with van der Waals surface area (Å²) in [5.41, 5.74) is 3.10. The zero-order valence-corrected chi connectivity index (χ0v) is 15.7. The maximum absolute atomic E-state index is 10.5. The van der Waals surface area contributed by atoms with Crippen LogP contribution in [0, 0.1) is 6.92 Å². The molecule has 3 aromatic rings. The maximum atomic E-state index is 10.5. The lowest BCUT2D eigenvalue weighted by molar-refractivity contribution is 0.130. The largest absolute Gasteiger partial charge is 0.507 e. The van der Waals surface area contributed by atoms with Gasteiger partial charge in [-0.05, 0) is 56.4 Å². The molecule has 2 fully saturated rings. The van der Waals surface area contributed by atoms with Crippen LogP contribution in [0.25, 0.3) is 16.9 Å². The standard InChI is InChI=1S/C21H23N5O2/c1-13-11-22-26(12-13)16-4-5-18(20(27)10-16)19-6-7-21(25-24-19)28-17-8-14-2-3-15(9-17)23-14/h4-7,10-12,14-15,17,23,27H,2-3,8-9H2,1H3/t14-,15+,17?. The van der Waals surface area contributed by atoms with Crippen LogP contribution in [-0.4, -0.2) is 43.3 Å². The molecule has 0 radical (unpaired) electrons. The molecule has 28 heavy (non-hydrogen) atoms. The Morgan fingerprint density at radius 2 is 1.93 bits per heavy atom. The van der Waals surface area contributed by atoms with Crippen molar-refractivity contribution in [2.24, 2.45) is 0 Å². The summed E-state index contributed by atoms with van der Waals surface area (Å²) in [4.78, 5) is 0. The van der Waals surface area contributed by atoms with Crippen molar-refractivity contribution in [1.29, 1.82) is 0 Å². The Morgan fingerprint density at radius 1 is 1.11 bits per heavy atom. The molecule has 2 bridgehead atoms. The number of phenols is 1. The second-order valence-corrected chi connectivity index (χ2v) is 7.77. The summed E-state index contributed by atoms with van der Waals surface area (Å²) in [6.07, 6.45) is 8.41. The molecule has 2 aliphatic rings. The van der Waals surface area contributed by atoms with Gasteiger partial charge in [-0.3, -0.25) is 0 Å². The molecule has 2 saturated heterocycles. The van der Waals surface area contributed by atoms with Crippen molar-refractivity contribution < 1.29 is 9.84 Å². The number of ether oxygens (including phenoxy) is 1. The molecule has 144 valence electrons. The molecule has 0 aliphatic carbocycles. The van der Waals surface area contributed by atoms with Crippen LogP contribution in [-0.2, 0) is 0 Å². The number of nitrogens with one attached hydrogen (secondary N) is 1. The molecule has 7 nitrogen and oxygen atoms in total. The Hall–Kier alpha value is -2.93. The van der Waals surface area contributed by atoms with E-state index in [0.717, 1.165) is 24.1 Å². The molecule has 3 atom stereocenters. The average Bonchev–Trinajstić information content (AvgIpc) is 3.27. The molecule has 0 saturated carbocycles. The number of benzene rings is 1. The molecule has 0 spiro atoms. The van der Waals surface area contributed by atoms with Crippen molar-refractivity contribution in [3.63, 3.8) is 0 Å². The van der Waals surface area contributed by atoms with Gasteiger partial charge in [0.15, 0.2) is 0 Å². The highest BCUT2D eigenvalue weighted by molar-refractivity contribution is 5.68. The number of aryl methyl sites for hydroxylation is 1. The first-order valence-corrected chi connectivity index (χ1v) is 9.75. The summed E-state index contributed by atoms with van der Waals surface area (Å²) in [6.45, 7) is 1.98. The van der Waals surface area contributed by atoms with Gasteiger partial charge in [0.25, 0.3) is 0 Å². The van der Waals surface area contributed by atoms with E-state index in [1.54, 1.807) is 16.9 Å². The fourth-order valence-corrected chi connectivity index (χ4v) is 4.23. The van der Waals surface area contributed by atoms with Gasteiger partial charge in [-0.2, -0.15) is 5.10 Å². The highest BCUT2D eigenvalue weighted by Crippen LogP contribution is 2.31. The van der Waals surface area contributed by atoms with Gasteiger partial charge in [-0.15, -0.1) is 10.2 Å². The van der Waals surface area contributed by atoms with E-state index in [-0.39, 0.29) is 11.9 Å². The van der Waals surface area contributed by atoms with Crippen LogP contribution in [0.3, 0.4) is 0 Å².